The normalized spacial score (nSPS) is 11.1. The number of rotatable bonds is 4. The number of aryl methyl sites for hydroxylation is 2. The van der Waals surface area contributed by atoms with Crippen molar-refractivity contribution in [2.24, 2.45) is 0 Å². The quantitative estimate of drug-likeness (QED) is 0.741. The first-order chi connectivity index (χ1) is 10.6. The summed E-state index contributed by atoms with van der Waals surface area (Å²) in [7, 11) is 4.03. The Balaban J connectivity index is 2.00. The van der Waals surface area contributed by atoms with Crippen molar-refractivity contribution in [3.63, 3.8) is 0 Å². The second-order valence-corrected chi connectivity index (χ2v) is 5.56. The van der Waals surface area contributed by atoms with Crippen LogP contribution < -0.4 is 4.90 Å². The van der Waals surface area contributed by atoms with Gasteiger partial charge in [0.15, 0.2) is 5.65 Å². The lowest BCUT2D eigenvalue weighted by Crippen LogP contribution is -2.07. The first-order valence-corrected chi connectivity index (χ1v) is 7.28. The van der Waals surface area contributed by atoms with Gasteiger partial charge in [0.1, 0.15) is 0 Å². The molecule has 2 aromatic heterocycles. The van der Waals surface area contributed by atoms with Gasteiger partial charge in [-0.15, -0.1) is 0 Å². The van der Waals surface area contributed by atoms with Crippen molar-refractivity contribution in [1.82, 2.24) is 14.6 Å². The van der Waals surface area contributed by atoms with Crippen LogP contribution in [0.3, 0.4) is 0 Å². The molecule has 0 spiro atoms. The predicted octanol–water partition coefficient (Wildman–Crippen LogP) is 3.28. The highest BCUT2D eigenvalue weighted by Gasteiger charge is 2.09. The van der Waals surface area contributed by atoms with Gasteiger partial charge >= 0.3 is 0 Å². The third-order valence-corrected chi connectivity index (χ3v) is 3.78. The fourth-order valence-electron chi connectivity index (χ4n) is 2.47. The smallest absolute Gasteiger partial charge is 0.154 e. The van der Waals surface area contributed by atoms with Gasteiger partial charge in [-0.25, -0.2) is 9.50 Å². The number of imidazole rings is 1. The maximum Gasteiger partial charge on any atom is 0.154 e. The van der Waals surface area contributed by atoms with Crippen molar-refractivity contribution in [3.8, 4) is 11.3 Å². The number of alkyl halides is 1. The predicted molar refractivity (Wildman–Crippen MR) is 87.2 cm³/mol. The SMILES string of the molecule is Cc1nn2cc(-c3ccc(N(C)C)cc3)nc2cc1CCF. The van der Waals surface area contributed by atoms with E-state index in [-0.39, 0.29) is 6.67 Å². The van der Waals surface area contributed by atoms with Crippen molar-refractivity contribution in [2.45, 2.75) is 13.3 Å². The van der Waals surface area contributed by atoms with Crippen LogP contribution in [0.2, 0.25) is 0 Å². The van der Waals surface area contributed by atoms with E-state index in [1.807, 2.05) is 45.4 Å². The number of anilines is 1. The van der Waals surface area contributed by atoms with Crippen LogP contribution in [-0.2, 0) is 6.42 Å². The number of fused-ring (bicyclic) bond motifs is 1. The molecule has 0 aliphatic rings. The van der Waals surface area contributed by atoms with Crippen LogP contribution in [0.4, 0.5) is 10.1 Å². The number of nitrogens with zero attached hydrogens (tertiary/aromatic N) is 4. The Bertz CT molecular complexity index is 790. The van der Waals surface area contributed by atoms with Gasteiger partial charge < -0.3 is 4.90 Å². The molecule has 0 unspecified atom stereocenters. The summed E-state index contributed by atoms with van der Waals surface area (Å²) in [5, 5.41) is 4.47. The minimum atomic E-state index is -0.377. The van der Waals surface area contributed by atoms with Gasteiger partial charge in [0.2, 0.25) is 0 Å². The average Bonchev–Trinajstić information content (AvgIpc) is 2.90. The van der Waals surface area contributed by atoms with E-state index in [2.05, 4.69) is 27.1 Å². The molecule has 0 N–H and O–H groups in total. The Hall–Kier alpha value is -2.43. The fourth-order valence-corrected chi connectivity index (χ4v) is 2.47. The zero-order valence-corrected chi connectivity index (χ0v) is 13.0. The molecule has 4 nitrogen and oxygen atoms in total. The van der Waals surface area contributed by atoms with Crippen molar-refractivity contribution in [1.29, 1.82) is 0 Å². The molecule has 3 aromatic rings. The standard InChI is InChI=1S/C17H19FN4/c1-12-14(8-9-18)10-17-19-16(11-22(17)20-12)13-4-6-15(7-5-13)21(2)3/h4-7,10-11H,8-9H2,1-3H3. The highest BCUT2D eigenvalue weighted by Crippen LogP contribution is 2.22. The van der Waals surface area contributed by atoms with Crippen LogP contribution in [0.25, 0.3) is 16.9 Å². The Morgan fingerprint density at radius 2 is 1.91 bits per heavy atom. The van der Waals surface area contributed by atoms with Gasteiger partial charge in [0.25, 0.3) is 0 Å². The van der Waals surface area contributed by atoms with Gasteiger partial charge in [-0.3, -0.25) is 4.39 Å². The van der Waals surface area contributed by atoms with E-state index in [4.69, 9.17) is 0 Å². The molecule has 0 bridgehead atoms. The van der Waals surface area contributed by atoms with Gasteiger partial charge in [-0.1, -0.05) is 12.1 Å². The van der Waals surface area contributed by atoms with E-state index in [0.717, 1.165) is 33.8 Å². The topological polar surface area (TPSA) is 33.4 Å². The number of benzene rings is 1. The molecule has 0 saturated heterocycles. The zero-order chi connectivity index (χ0) is 15.7. The first kappa shape index (κ1) is 14.5. The van der Waals surface area contributed by atoms with Crippen molar-refractivity contribution < 1.29 is 4.39 Å². The molecule has 0 fully saturated rings. The molecule has 5 heteroatoms. The molecule has 1 aromatic carbocycles. The molecule has 0 aliphatic carbocycles. The second kappa shape index (κ2) is 5.75. The number of hydrogen-bond donors (Lipinski definition) is 0. The second-order valence-electron chi connectivity index (χ2n) is 5.56. The van der Waals surface area contributed by atoms with Gasteiger partial charge in [-0.05, 0) is 30.7 Å². The fraction of sp³-hybridized carbons (Fsp3) is 0.294. The van der Waals surface area contributed by atoms with E-state index in [9.17, 15) is 4.39 Å². The summed E-state index contributed by atoms with van der Waals surface area (Å²) in [5.74, 6) is 0. The molecule has 3 rings (SSSR count). The minimum Gasteiger partial charge on any atom is -0.378 e. The summed E-state index contributed by atoms with van der Waals surface area (Å²) in [6.07, 6.45) is 2.29. The number of aromatic nitrogens is 3. The Morgan fingerprint density at radius 1 is 1.18 bits per heavy atom. The van der Waals surface area contributed by atoms with Gasteiger partial charge in [0, 0.05) is 31.8 Å². The highest BCUT2D eigenvalue weighted by atomic mass is 19.1. The lowest BCUT2D eigenvalue weighted by molar-refractivity contribution is 0.494. The van der Waals surface area contributed by atoms with Crippen molar-refractivity contribution >= 4 is 11.3 Å². The molecule has 0 aliphatic heterocycles. The Morgan fingerprint density at radius 3 is 2.55 bits per heavy atom. The maximum absolute atomic E-state index is 12.6. The monoisotopic (exact) mass is 298 g/mol. The largest absolute Gasteiger partial charge is 0.378 e. The zero-order valence-electron chi connectivity index (χ0n) is 13.0. The lowest BCUT2D eigenvalue weighted by Gasteiger charge is -2.11. The molecular formula is C17H19FN4. The van der Waals surface area contributed by atoms with Crippen LogP contribution in [0, 0.1) is 6.92 Å². The number of hydrogen-bond acceptors (Lipinski definition) is 3. The highest BCUT2D eigenvalue weighted by molar-refractivity contribution is 5.65. The third kappa shape index (κ3) is 2.66. The summed E-state index contributed by atoms with van der Waals surface area (Å²) in [6, 6.07) is 10.1. The van der Waals surface area contributed by atoms with E-state index in [1.54, 1.807) is 4.52 Å². The van der Waals surface area contributed by atoms with E-state index < -0.39 is 0 Å². The summed E-state index contributed by atoms with van der Waals surface area (Å²) in [4.78, 5) is 6.66. The van der Waals surface area contributed by atoms with Gasteiger partial charge in [0.05, 0.1) is 24.3 Å². The molecular weight excluding hydrogens is 279 g/mol. The van der Waals surface area contributed by atoms with E-state index >= 15 is 0 Å². The summed E-state index contributed by atoms with van der Waals surface area (Å²) >= 11 is 0. The summed E-state index contributed by atoms with van der Waals surface area (Å²) in [6.45, 7) is 1.52. The molecule has 0 atom stereocenters. The molecule has 2 heterocycles. The molecule has 0 radical (unpaired) electrons. The Kier molecular flexibility index (Phi) is 3.79. The van der Waals surface area contributed by atoms with Gasteiger partial charge in [-0.2, -0.15) is 5.10 Å². The maximum atomic E-state index is 12.6. The Labute approximate surface area is 129 Å². The molecule has 22 heavy (non-hydrogen) atoms. The molecule has 114 valence electrons. The van der Waals surface area contributed by atoms with Crippen LogP contribution >= 0.6 is 0 Å². The summed E-state index contributed by atoms with van der Waals surface area (Å²) < 4.78 is 14.3. The van der Waals surface area contributed by atoms with Crippen LogP contribution in [0.1, 0.15) is 11.3 Å². The third-order valence-electron chi connectivity index (χ3n) is 3.78. The van der Waals surface area contributed by atoms with Crippen molar-refractivity contribution in [3.05, 3.63) is 47.8 Å². The van der Waals surface area contributed by atoms with Crippen LogP contribution in [-0.4, -0.2) is 35.4 Å². The van der Waals surface area contributed by atoms with Crippen molar-refractivity contribution in [2.75, 3.05) is 25.7 Å². The minimum absolute atomic E-state index is 0.377. The lowest BCUT2D eigenvalue weighted by atomic mass is 10.1. The molecule has 0 saturated carbocycles. The number of halogens is 1. The van der Waals surface area contributed by atoms with E-state index in [0.29, 0.717) is 6.42 Å². The first-order valence-electron chi connectivity index (χ1n) is 7.28. The average molecular weight is 298 g/mol. The van der Waals surface area contributed by atoms with E-state index in [1.165, 1.54) is 0 Å². The summed E-state index contributed by atoms with van der Waals surface area (Å²) in [5.41, 5.74) is 5.56. The van der Waals surface area contributed by atoms with Crippen LogP contribution in [0.5, 0.6) is 0 Å². The van der Waals surface area contributed by atoms with Crippen LogP contribution in [0.15, 0.2) is 36.5 Å². The molecule has 0 amide bonds.